The molecule has 0 radical (unpaired) electrons. The highest BCUT2D eigenvalue weighted by Crippen LogP contribution is 2.28. The van der Waals surface area contributed by atoms with Crippen LogP contribution in [0.25, 0.3) is 0 Å². The van der Waals surface area contributed by atoms with E-state index in [1.165, 1.54) is 17.0 Å². The lowest BCUT2D eigenvalue weighted by atomic mass is 10.0. The van der Waals surface area contributed by atoms with E-state index < -0.39 is 29.8 Å². The van der Waals surface area contributed by atoms with Crippen LogP contribution in [0.4, 0.5) is 4.39 Å². The van der Waals surface area contributed by atoms with E-state index in [2.05, 4.69) is 4.98 Å². The molecular formula is C24H24FN3O6S. The van der Waals surface area contributed by atoms with Crippen molar-refractivity contribution < 1.29 is 28.9 Å². The summed E-state index contributed by atoms with van der Waals surface area (Å²) in [6, 6.07) is 9.37. The molecule has 11 heteroatoms. The third-order valence-electron chi connectivity index (χ3n) is 5.81. The molecule has 0 bridgehead atoms. The van der Waals surface area contributed by atoms with E-state index in [9.17, 15) is 29.0 Å². The standard InChI is InChI=1S/C24H24FN3O6S/c25-16-10-14(12-20-21(29)27-24(33)35-20)5-8-19(16)34-15-6-3-13(4-7-15)11-17(26)22(30)28-9-1-2-18(28)23(31)32/h3-8,10,17-18,29H,1-2,9,11-12,26H2,(H,27,33)(H,31,32). The Balaban J connectivity index is 1.36. The maximum Gasteiger partial charge on any atom is 0.326 e. The van der Waals surface area contributed by atoms with E-state index in [1.807, 2.05) is 0 Å². The molecule has 4 rings (SSSR count). The molecule has 0 aliphatic carbocycles. The zero-order valence-electron chi connectivity index (χ0n) is 18.6. The monoisotopic (exact) mass is 501 g/mol. The number of nitrogens with two attached hydrogens (primary N) is 1. The lowest BCUT2D eigenvalue weighted by Gasteiger charge is -2.24. The Morgan fingerprint density at radius 1 is 1.23 bits per heavy atom. The van der Waals surface area contributed by atoms with Crippen molar-refractivity contribution in [3.8, 4) is 17.4 Å². The molecule has 0 saturated carbocycles. The summed E-state index contributed by atoms with van der Waals surface area (Å²) < 4.78 is 20.2. The molecule has 35 heavy (non-hydrogen) atoms. The van der Waals surface area contributed by atoms with Gasteiger partial charge >= 0.3 is 10.8 Å². The van der Waals surface area contributed by atoms with Gasteiger partial charge in [0, 0.05) is 13.0 Å². The highest BCUT2D eigenvalue weighted by atomic mass is 32.1. The van der Waals surface area contributed by atoms with E-state index in [0.717, 1.165) is 16.9 Å². The first-order valence-corrected chi connectivity index (χ1v) is 11.8. The fourth-order valence-electron chi connectivity index (χ4n) is 4.06. The van der Waals surface area contributed by atoms with Gasteiger partial charge in [0.2, 0.25) is 11.8 Å². The van der Waals surface area contributed by atoms with Crippen LogP contribution >= 0.6 is 11.3 Å². The van der Waals surface area contributed by atoms with Crippen LogP contribution in [0.15, 0.2) is 47.3 Å². The summed E-state index contributed by atoms with van der Waals surface area (Å²) in [4.78, 5) is 38.9. The molecule has 0 spiro atoms. The van der Waals surface area contributed by atoms with Crippen molar-refractivity contribution in [3.05, 3.63) is 74.0 Å². The summed E-state index contributed by atoms with van der Waals surface area (Å²) in [6.07, 6.45) is 1.48. The number of thiazole rings is 1. The second-order valence-corrected chi connectivity index (χ2v) is 9.38. The predicted molar refractivity (Wildman–Crippen MR) is 126 cm³/mol. The van der Waals surface area contributed by atoms with Gasteiger partial charge in [0.25, 0.3) is 0 Å². The van der Waals surface area contributed by atoms with E-state index >= 15 is 0 Å². The number of H-pyrrole nitrogens is 1. The molecule has 2 atom stereocenters. The van der Waals surface area contributed by atoms with Gasteiger partial charge in [-0.2, -0.15) is 0 Å². The van der Waals surface area contributed by atoms with Crippen LogP contribution in [0.5, 0.6) is 17.4 Å². The number of carboxylic acids is 1. The Morgan fingerprint density at radius 2 is 1.94 bits per heavy atom. The number of rotatable bonds is 8. The molecule has 2 unspecified atom stereocenters. The summed E-state index contributed by atoms with van der Waals surface area (Å²) in [5.74, 6) is -1.84. The van der Waals surface area contributed by atoms with Crippen molar-refractivity contribution in [2.45, 2.75) is 37.8 Å². The quantitative estimate of drug-likeness (QED) is 0.371. The molecule has 184 valence electrons. The summed E-state index contributed by atoms with van der Waals surface area (Å²) >= 11 is 0.864. The number of nitrogens with zero attached hydrogens (tertiary/aromatic N) is 1. The molecule has 2 heterocycles. The molecular weight excluding hydrogens is 477 g/mol. The average molecular weight is 502 g/mol. The van der Waals surface area contributed by atoms with Gasteiger partial charge in [-0.15, -0.1) is 0 Å². The van der Waals surface area contributed by atoms with Crippen molar-refractivity contribution >= 4 is 23.2 Å². The number of aromatic amines is 1. The number of likely N-dealkylation sites (tertiary alicyclic amines) is 1. The number of aromatic hydroxyl groups is 1. The van der Waals surface area contributed by atoms with E-state index in [-0.39, 0.29) is 29.3 Å². The van der Waals surface area contributed by atoms with E-state index in [1.54, 1.807) is 30.3 Å². The molecule has 5 N–H and O–H groups in total. The van der Waals surface area contributed by atoms with Crippen molar-refractivity contribution in [3.63, 3.8) is 0 Å². The fraction of sp³-hybridized carbons (Fsp3) is 0.292. The maximum absolute atomic E-state index is 14.6. The number of amides is 1. The number of benzene rings is 2. The van der Waals surface area contributed by atoms with E-state index in [4.69, 9.17) is 10.5 Å². The van der Waals surface area contributed by atoms with Crippen molar-refractivity contribution in [1.29, 1.82) is 0 Å². The van der Waals surface area contributed by atoms with Gasteiger partial charge in [0.05, 0.1) is 10.9 Å². The van der Waals surface area contributed by atoms with Gasteiger partial charge in [0.1, 0.15) is 11.8 Å². The minimum atomic E-state index is -1.02. The zero-order chi connectivity index (χ0) is 25.1. The molecule has 1 aliphatic heterocycles. The Labute approximate surface area is 203 Å². The molecule has 1 fully saturated rings. The van der Waals surface area contributed by atoms with Gasteiger partial charge in [0.15, 0.2) is 11.6 Å². The second kappa shape index (κ2) is 10.3. The molecule has 1 aliphatic rings. The molecule has 1 saturated heterocycles. The number of hydrogen-bond acceptors (Lipinski definition) is 7. The predicted octanol–water partition coefficient (Wildman–Crippen LogP) is 2.61. The molecule has 1 amide bonds. The van der Waals surface area contributed by atoms with Crippen LogP contribution < -0.4 is 15.3 Å². The molecule has 3 aromatic rings. The van der Waals surface area contributed by atoms with Crippen LogP contribution in [0.3, 0.4) is 0 Å². The Hall–Kier alpha value is -3.70. The van der Waals surface area contributed by atoms with Crippen LogP contribution in [-0.4, -0.2) is 50.6 Å². The Kier molecular flexibility index (Phi) is 7.17. The SMILES string of the molecule is NC(Cc1ccc(Oc2ccc(Cc3sc(=O)[nH]c3O)cc2F)cc1)C(=O)N1CCCC1C(=O)O. The molecule has 9 nitrogen and oxygen atoms in total. The Bertz CT molecular complexity index is 1290. The molecule has 2 aromatic carbocycles. The van der Waals surface area contributed by atoms with Gasteiger partial charge in [-0.3, -0.25) is 14.6 Å². The van der Waals surface area contributed by atoms with Gasteiger partial charge < -0.3 is 25.6 Å². The number of hydrogen-bond donors (Lipinski definition) is 4. The first-order valence-electron chi connectivity index (χ1n) is 11.0. The summed E-state index contributed by atoms with van der Waals surface area (Å²) in [7, 11) is 0. The molecule has 1 aromatic heterocycles. The highest BCUT2D eigenvalue weighted by Gasteiger charge is 2.36. The largest absolute Gasteiger partial charge is 0.494 e. The van der Waals surface area contributed by atoms with Crippen LogP contribution in [-0.2, 0) is 22.4 Å². The van der Waals surface area contributed by atoms with Gasteiger partial charge in [-0.25, -0.2) is 9.18 Å². The van der Waals surface area contributed by atoms with Crippen LogP contribution in [0, 0.1) is 5.82 Å². The normalized spacial score (nSPS) is 16.3. The minimum Gasteiger partial charge on any atom is -0.494 e. The number of aromatic nitrogens is 1. The number of carbonyl (C=O) groups excluding carboxylic acids is 1. The average Bonchev–Trinajstić information content (AvgIpc) is 3.42. The lowest BCUT2D eigenvalue weighted by molar-refractivity contribution is -0.148. The zero-order valence-corrected chi connectivity index (χ0v) is 19.4. The van der Waals surface area contributed by atoms with Crippen LogP contribution in [0.2, 0.25) is 0 Å². The minimum absolute atomic E-state index is 0.00797. The first kappa shape index (κ1) is 24.4. The van der Waals surface area contributed by atoms with Crippen molar-refractivity contribution in [1.82, 2.24) is 9.88 Å². The fourth-order valence-corrected chi connectivity index (χ4v) is 4.81. The number of aliphatic carboxylic acids is 1. The van der Waals surface area contributed by atoms with Crippen LogP contribution in [0.1, 0.15) is 28.8 Å². The summed E-state index contributed by atoms with van der Waals surface area (Å²) in [5, 5.41) is 19.0. The summed E-state index contributed by atoms with van der Waals surface area (Å²) in [5.41, 5.74) is 7.38. The number of carboxylic acid groups (broad SMARTS) is 1. The first-order chi connectivity index (χ1) is 16.7. The summed E-state index contributed by atoms with van der Waals surface area (Å²) in [6.45, 7) is 0.382. The van der Waals surface area contributed by atoms with E-state index in [0.29, 0.717) is 35.6 Å². The number of ether oxygens (including phenoxy) is 1. The third-order valence-corrected chi connectivity index (χ3v) is 6.68. The highest BCUT2D eigenvalue weighted by molar-refractivity contribution is 7.09. The lowest BCUT2D eigenvalue weighted by Crippen LogP contribution is -2.49. The number of carbonyl (C=O) groups is 2. The smallest absolute Gasteiger partial charge is 0.326 e. The topological polar surface area (TPSA) is 146 Å². The number of halogens is 1. The van der Waals surface area contributed by atoms with Gasteiger partial charge in [-0.1, -0.05) is 29.5 Å². The van der Waals surface area contributed by atoms with Crippen molar-refractivity contribution in [2.75, 3.05) is 6.54 Å². The van der Waals surface area contributed by atoms with Crippen molar-refractivity contribution in [2.24, 2.45) is 5.73 Å². The third kappa shape index (κ3) is 5.69. The maximum atomic E-state index is 14.6. The van der Waals surface area contributed by atoms with Gasteiger partial charge in [-0.05, 0) is 54.7 Å². The number of nitrogens with one attached hydrogen (secondary N) is 1. The second-order valence-electron chi connectivity index (χ2n) is 8.31. The Morgan fingerprint density at radius 3 is 2.57 bits per heavy atom.